The lowest BCUT2D eigenvalue weighted by Crippen LogP contribution is -2.00. The molecule has 0 bridgehead atoms. The molecule has 0 unspecified atom stereocenters. The van der Waals surface area contributed by atoms with Crippen molar-refractivity contribution in [1.82, 2.24) is 19.8 Å². The highest BCUT2D eigenvalue weighted by Crippen LogP contribution is 2.30. The zero-order valence-electron chi connectivity index (χ0n) is 8.79. The molecule has 0 aliphatic heterocycles. The minimum absolute atomic E-state index is 0.639. The molecular formula is C11H9N5O. The van der Waals surface area contributed by atoms with Crippen LogP contribution in [0.25, 0.3) is 16.6 Å². The van der Waals surface area contributed by atoms with Crippen molar-refractivity contribution in [1.29, 1.82) is 0 Å². The number of aromatic nitrogens is 4. The maximum atomic E-state index is 10.6. The number of hydrogen-bond acceptors (Lipinski definition) is 3. The molecule has 0 radical (unpaired) electrons. The molecule has 0 saturated carbocycles. The summed E-state index contributed by atoms with van der Waals surface area (Å²) in [4.78, 5) is 10.6. The highest BCUT2D eigenvalue weighted by molar-refractivity contribution is 5.93. The lowest BCUT2D eigenvalue weighted by atomic mass is 10.1. The Morgan fingerprint density at radius 1 is 1.41 bits per heavy atom. The van der Waals surface area contributed by atoms with Crippen LogP contribution in [-0.2, 0) is 4.79 Å². The van der Waals surface area contributed by atoms with Crippen LogP contribution in [0, 0.1) is 0 Å². The summed E-state index contributed by atoms with van der Waals surface area (Å²) in [5.41, 5.74) is 3.37. The van der Waals surface area contributed by atoms with Gasteiger partial charge in [-0.2, -0.15) is 10.2 Å². The Bertz CT molecular complexity index is 656. The minimum Gasteiger partial charge on any atom is -0.327 e. The van der Waals surface area contributed by atoms with Crippen molar-refractivity contribution in [3.05, 3.63) is 36.9 Å². The van der Waals surface area contributed by atoms with E-state index in [0.717, 1.165) is 16.6 Å². The highest BCUT2D eigenvalue weighted by atomic mass is 16.1. The molecule has 3 aromatic rings. The Balaban J connectivity index is 2.33. The number of fused-ring (bicyclic) bond motifs is 1. The van der Waals surface area contributed by atoms with E-state index >= 15 is 0 Å². The molecule has 0 aliphatic carbocycles. The number of carbonyl (C=O) groups excluding carboxylic acids is 1. The fourth-order valence-electron chi connectivity index (χ4n) is 1.86. The average molecular weight is 227 g/mol. The molecule has 6 nitrogen and oxygen atoms in total. The molecule has 3 rings (SSSR count). The van der Waals surface area contributed by atoms with Crippen LogP contribution in [0.5, 0.6) is 0 Å². The fraction of sp³-hybridized carbons (Fsp3) is 0. The van der Waals surface area contributed by atoms with E-state index in [0.29, 0.717) is 12.1 Å². The molecule has 0 aromatic carbocycles. The van der Waals surface area contributed by atoms with Gasteiger partial charge in [-0.25, -0.2) is 4.52 Å². The van der Waals surface area contributed by atoms with Gasteiger partial charge < -0.3 is 5.32 Å². The summed E-state index contributed by atoms with van der Waals surface area (Å²) in [5, 5.41) is 13.5. The molecule has 84 valence electrons. The van der Waals surface area contributed by atoms with Gasteiger partial charge in [0.15, 0.2) is 0 Å². The largest absolute Gasteiger partial charge is 0.327 e. The van der Waals surface area contributed by atoms with Crippen LogP contribution in [0.4, 0.5) is 5.69 Å². The zero-order valence-corrected chi connectivity index (χ0v) is 8.79. The number of aromatic amines is 1. The van der Waals surface area contributed by atoms with Crippen LogP contribution >= 0.6 is 0 Å². The molecule has 0 spiro atoms. The summed E-state index contributed by atoms with van der Waals surface area (Å²) in [7, 11) is 0. The van der Waals surface area contributed by atoms with E-state index < -0.39 is 0 Å². The van der Waals surface area contributed by atoms with E-state index in [-0.39, 0.29) is 0 Å². The zero-order chi connectivity index (χ0) is 11.7. The Morgan fingerprint density at radius 3 is 3.12 bits per heavy atom. The first kappa shape index (κ1) is 9.59. The Hall–Kier alpha value is -2.63. The summed E-state index contributed by atoms with van der Waals surface area (Å²) in [6.45, 7) is 0. The van der Waals surface area contributed by atoms with Crippen molar-refractivity contribution in [2.24, 2.45) is 0 Å². The lowest BCUT2D eigenvalue weighted by Gasteiger charge is -2.08. The van der Waals surface area contributed by atoms with Gasteiger partial charge in [0.25, 0.3) is 0 Å². The molecule has 0 saturated heterocycles. The van der Waals surface area contributed by atoms with E-state index in [4.69, 9.17) is 0 Å². The van der Waals surface area contributed by atoms with E-state index in [1.807, 2.05) is 18.3 Å². The summed E-state index contributed by atoms with van der Waals surface area (Å²) >= 11 is 0. The summed E-state index contributed by atoms with van der Waals surface area (Å²) in [6.07, 6.45) is 7.59. The van der Waals surface area contributed by atoms with Gasteiger partial charge in [0, 0.05) is 23.5 Å². The van der Waals surface area contributed by atoms with Crippen LogP contribution in [0.2, 0.25) is 0 Å². The summed E-state index contributed by atoms with van der Waals surface area (Å²) in [6, 6.07) is 3.84. The number of rotatable bonds is 3. The first-order chi connectivity index (χ1) is 8.40. The average Bonchev–Trinajstić information content (AvgIpc) is 2.99. The molecule has 0 atom stereocenters. The predicted molar refractivity (Wildman–Crippen MR) is 62.5 cm³/mol. The van der Waals surface area contributed by atoms with Gasteiger partial charge in [-0.1, -0.05) is 0 Å². The number of anilines is 1. The molecule has 1 amide bonds. The van der Waals surface area contributed by atoms with Gasteiger partial charge in [0.2, 0.25) is 6.41 Å². The third-order valence-corrected chi connectivity index (χ3v) is 2.57. The second-order valence-corrected chi connectivity index (χ2v) is 3.52. The topological polar surface area (TPSA) is 75.1 Å². The van der Waals surface area contributed by atoms with Crippen molar-refractivity contribution in [3.8, 4) is 11.1 Å². The van der Waals surface area contributed by atoms with Crippen LogP contribution in [-0.4, -0.2) is 26.2 Å². The van der Waals surface area contributed by atoms with Crippen molar-refractivity contribution in [2.45, 2.75) is 0 Å². The van der Waals surface area contributed by atoms with E-state index in [2.05, 4.69) is 20.6 Å². The van der Waals surface area contributed by atoms with Gasteiger partial charge in [-0.3, -0.25) is 9.89 Å². The maximum Gasteiger partial charge on any atom is 0.211 e. The van der Waals surface area contributed by atoms with Gasteiger partial charge in [0.1, 0.15) is 0 Å². The monoisotopic (exact) mass is 227 g/mol. The number of H-pyrrole nitrogens is 1. The SMILES string of the molecule is O=CNc1cnn2cccc2c1-c1cn[nH]c1. The smallest absolute Gasteiger partial charge is 0.211 e. The van der Waals surface area contributed by atoms with Crippen molar-refractivity contribution in [3.63, 3.8) is 0 Å². The normalized spacial score (nSPS) is 10.6. The number of amides is 1. The first-order valence-electron chi connectivity index (χ1n) is 5.06. The van der Waals surface area contributed by atoms with E-state index in [1.165, 1.54) is 0 Å². The second-order valence-electron chi connectivity index (χ2n) is 3.52. The van der Waals surface area contributed by atoms with Crippen LogP contribution < -0.4 is 5.32 Å². The van der Waals surface area contributed by atoms with Gasteiger partial charge in [-0.05, 0) is 12.1 Å². The molecule has 3 heterocycles. The third kappa shape index (κ3) is 1.46. The van der Waals surface area contributed by atoms with Crippen molar-refractivity contribution < 1.29 is 4.79 Å². The van der Waals surface area contributed by atoms with Crippen LogP contribution in [0.1, 0.15) is 0 Å². The van der Waals surface area contributed by atoms with Crippen molar-refractivity contribution in [2.75, 3.05) is 5.32 Å². The standard InChI is InChI=1S/C11H9N5O/c17-7-12-9-6-15-16-3-1-2-10(16)11(9)8-4-13-14-5-8/h1-7H,(H,12,17)(H,13,14). The fourth-order valence-corrected chi connectivity index (χ4v) is 1.86. The molecule has 3 aromatic heterocycles. The third-order valence-electron chi connectivity index (χ3n) is 2.57. The van der Waals surface area contributed by atoms with Gasteiger partial charge in [-0.15, -0.1) is 0 Å². The van der Waals surface area contributed by atoms with E-state index in [9.17, 15) is 4.79 Å². The van der Waals surface area contributed by atoms with Crippen LogP contribution in [0.15, 0.2) is 36.9 Å². The maximum absolute atomic E-state index is 10.6. The van der Waals surface area contributed by atoms with Crippen molar-refractivity contribution >= 4 is 17.6 Å². The predicted octanol–water partition coefficient (Wildman–Crippen LogP) is 1.29. The molecule has 2 N–H and O–H groups in total. The van der Waals surface area contributed by atoms with Gasteiger partial charge >= 0.3 is 0 Å². The molecule has 17 heavy (non-hydrogen) atoms. The summed E-state index contributed by atoms with van der Waals surface area (Å²) in [5.74, 6) is 0. The van der Waals surface area contributed by atoms with Gasteiger partial charge in [0.05, 0.1) is 23.6 Å². The molecule has 0 aliphatic rings. The Kier molecular flexibility index (Phi) is 2.11. The van der Waals surface area contributed by atoms with Crippen LogP contribution in [0.3, 0.4) is 0 Å². The highest BCUT2D eigenvalue weighted by Gasteiger charge is 2.11. The summed E-state index contributed by atoms with van der Waals surface area (Å²) < 4.78 is 1.75. The second kappa shape index (κ2) is 3.75. The minimum atomic E-state index is 0.639. The Labute approximate surface area is 96.3 Å². The molecular weight excluding hydrogens is 218 g/mol. The lowest BCUT2D eigenvalue weighted by molar-refractivity contribution is -0.105. The molecule has 0 fully saturated rings. The number of carbonyl (C=O) groups is 1. The first-order valence-corrected chi connectivity index (χ1v) is 5.06. The Morgan fingerprint density at radius 2 is 2.35 bits per heavy atom. The molecule has 6 heteroatoms. The van der Waals surface area contributed by atoms with E-state index in [1.54, 1.807) is 23.1 Å². The number of nitrogens with zero attached hydrogens (tertiary/aromatic N) is 3. The quantitative estimate of drug-likeness (QED) is 0.662. The number of hydrogen-bond donors (Lipinski definition) is 2. The number of nitrogens with one attached hydrogen (secondary N) is 2.